The van der Waals surface area contributed by atoms with Crippen molar-refractivity contribution in [3.8, 4) is 0 Å². The first-order chi connectivity index (χ1) is 8.23. The summed E-state index contributed by atoms with van der Waals surface area (Å²) in [5.41, 5.74) is 0.124. The summed E-state index contributed by atoms with van der Waals surface area (Å²) >= 11 is 0. The number of piperidine rings is 1. The van der Waals surface area contributed by atoms with Crippen molar-refractivity contribution in [3.05, 3.63) is 0 Å². The highest BCUT2D eigenvalue weighted by Gasteiger charge is 2.48. The fourth-order valence-electron chi connectivity index (χ4n) is 3.95. The van der Waals surface area contributed by atoms with E-state index in [9.17, 15) is 4.79 Å². The molecule has 96 valence electrons. The summed E-state index contributed by atoms with van der Waals surface area (Å²) in [5, 5.41) is 3.31. The molecule has 1 spiro atoms. The SMILES string of the molecule is CC[C@@H]1N(CC2CC2)CCC[C@]12CCC(=O)N2. The number of likely N-dealkylation sites (tertiary alicyclic amines) is 1. The molecule has 2 saturated heterocycles. The van der Waals surface area contributed by atoms with Crippen LogP contribution in [0.1, 0.15) is 51.9 Å². The molecular formula is C14H24N2O. The van der Waals surface area contributed by atoms with Crippen molar-refractivity contribution in [2.45, 2.75) is 63.5 Å². The van der Waals surface area contributed by atoms with Crippen LogP contribution in [-0.2, 0) is 4.79 Å². The third kappa shape index (κ3) is 2.10. The van der Waals surface area contributed by atoms with Gasteiger partial charge in [-0.3, -0.25) is 9.69 Å². The van der Waals surface area contributed by atoms with Crippen molar-refractivity contribution in [2.24, 2.45) is 5.92 Å². The van der Waals surface area contributed by atoms with Crippen molar-refractivity contribution in [3.63, 3.8) is 0 Å². The number of carbonyl (C=O) groups excluding carboxylic acids is 1. The fraction of sp³-hybridized carbons (Fsp3) is 0.929. The summed E-state index contributed by atoms with van der Waals surface area (Å²) in [7, 11) is 0. The summed E-state index contributed by atoms with van der Waals surface area (Å²) in [6, 6.07) is 0.586. The minimum atomic E-state index is 0.124. The van der Waals surface area contributed by atoms with Crippen molar-refractivity contribution < 1.29 is 4.79 Å². The molecule has 3 heteroatoms. The number of carbonyl (C=O) groups is 1. The Morgan fingerprint density at radius 1 is 1.41 bits per heavy atom. The van der Waals surface area contributed by atoms with Crippen LogP contribution in [-0.4, -0.2) is 35.5 Å². The Morgan fingerprint density at radius 3 is 2.82 bits per heavy atom. The smallest absolute Gasteiger partial charge is 0.220 e. The molecule has 0 radical (unpaired) electrons. The number of nitrogens with zero attached hydrogens (tertiary/aromatic N) is 1. The molecule has 2 aliphatic heterocycles. The Kier molecular flexibility index (Phi) is 2.89. The lowest BCUT2D eigenvalue weighted by Gasteiger charge is -2.48. The van der Waals surface area contributed by atoms with Crippen LogP contribution in [0.3, 0.4) is 0 Å². The van der Waals surface area contributed by atoms with E-state index in [1.165, 1.54) is 45.2 Å². The van der Waals surface area contributed by atoms with Gasteiger partial charge in [-0.25, -0.2) is 0 Å². The molecule has 0 unspecified atom stereocenters. The summed E-state index contributed by atoms with van der Waals surface area (Å²) < 4.78 is 0. The topological polar surface area (TPSA) is 32.3 Å². The Bertz CT molecular complexity index is 313. The molecule has 0 aromatic rings. The number of rotatable bonds is 3. The molecule has 2 atom stereocenters. The normalized spacial score (nSPS) is 38.6. The summed E-state index contributed by atoms with van der Waals surface area (Å²) in [6.07, 6.45) is 8.27. The zero-order valence-electron chi connectivity index (χ0n) is 10.9. The van der Waals surface area contributed by atoms with Crippen molar-refractivity contribution in [1.82, 2.24) is 10.2 Å². The van der Waals surface area contributed by atoms with Gasteiger partial charge in [0.15, 0.2) is 0 Å². The van der Waals surface area contributed by atoms with Crippen molar-refractivity contribution >= 4 is 5.91 Å². The number of hydrogen-bond acceptors (Lipinski definition) is 2. The maximum Gasteiger partial charge on any atom is 0.220 e. The van der Waals surface area contributed by atoms with E-state index in [0.29, 0.717) is 6.04 Å². The maximum atomic E-state index is 11.6. The fourth-order valence-corrected chi connectivity index (χ4v) is 3.95. The van der Waals surface area contributed by atoms with E-state index in [2.05, 4.69) is 17.1 Å². The molecule has 17 heavy (non-hydrogen) atoms. The lowest BCUT2D eigenvalue weighted by atomic mass is 9.78. The van der Waals surface area contributed by atoms with E-state index >= 15 is 0 Å². The molecule has 1 N–H and O–H groups in total. The second kappa shape index (κ2) is 4.27. The van der Waals surface area contributed by atoms with Crippen LogP contribution < -0.4 is 5.32 Å². The van der Waals surface area contributed by atoms with Crippen molar-refractivity contribution in [1.29, 1.82) is 0 Å². The predicted molar refractivity (Wildman–Crippen MR) is 67.7 cm³/mol. The standard InChI is InChI=1S/C14H24N2O/c1-2-12-14(8-6-13(17)15-14)7-3-9-16(12)10-11-4-5-11/h11-12H,2-10H2,1H3,(H,15,17)/t12-,14-/m0/s1. The van der Waals surface area contributed by atoms with E-state index in [4.69, 9.17) is 0 Å². The summed E-state index contributed by atoms with van der Waals surface area (Å²) in [5.74, 6) is 1.23. The van der Waals surface area contributed by atoms with Crippen LogP contribution in [0.15, 0.2) is 0 Å². The molecule has 3 fully saturated rings. The van der Waals surface area contributed by atoms with Gasteiger partial charge >= 0.3 is 0 Å². The molecule has 3 nitrogen and oxygen atoms in total. The van der Waals surface area contributed by atoms with Gasteiger partial charge in [-0.2, -0.15) is 0 Å². The third-order valence-electron chi connectivity index (χ3n) is 4.91. The van der Waals surface area contributed by atoms with Gasteiger partial charge in [0.2, 0.25) is 5.91 Å². The van der Waals surface area contributed by atoms with Crippen LogP contribution in [0, 0.1) is 5.92 Å². The number of hydrogen-bond donors (Lipinski definition) is 1. The summed E-state index contributed by atoms with van der Waals surface area (Å²) in [4.78, 5) is 14.3. The molecule has 1 aliphatic carbocycles. The molecule has 0 aromatic heterocycles. The summed E-state index contributed by atoms with van der Waals surface area (Å²) in [6.45, 7) is 4.80. The van der Waals surface area contributed by atoms with Gasteiger partial charge in [-0.1, -0.05) is 6.92 Å². The minimum Gasteiger partial charge on any atom is -0.349 e. The molecular weight excluding hydrogens is 212 g/mol. The molecule has 0 bridgehead atoms. The molecule has 2 heterocycles. The second-order valence-electron chi connectivity index (χ2n) is 6.17. The second-order valence-corrected chi connectivity index (χ2v) is 6.17. The van der Waals surface area contributed by atoms with Gasteiger partial charge in [-0.15, -0.1) is 0 Å². The van der Waals surface area contributed by atoms with E-state index < -0.39 is 0 Å². The molecule has 1 saturated carbocycles. The van der Waals surface area contributed by atoms with Crippen LogP contribution in [0.25, 0.3) is 0 Å². The molecule has 1 amide bonds. The van der Waals surface area contributed by atoms with E-state index in [1.54, 1.807) is 0 Å². The lowest BCUT2D eigenvalue weighted by molar-refractivity contribution is -0.120. The first-order valence-electron chi connectivity index (χ1n) is 7.28. The van der Waals surface area contributed by atoms with Crippen molar-refractivity contribution in [2.75, 3.05) is 13.1 Å². The number of nitrogens with one attached hydrogen (secondary N) is 1. The first-order valence-corrected chi connectivity index (χ1v) is 7.28. The quantitative estimate of drug-likeness (QED) is 0.812. The zero-order valence-corrected chi connectivity index (χ0v) is 10.9. The van der Waals surface area contributed by atoms with Gasteiger partial charge < -0.3 is 5.32 Å². The Balaban J connectivity index is 1.75. The first kappa shape index (κ1) is 11.5. The van der Waals surface area contributed by atoms with Gasteiger partial charge in [-0.05, 0) is 51.0 Å². The highest BCUT2D eigenvalue weighted by molar-refractivity contribution is 5.79. The number of amides is 1. The maximum absolute atomic E-state index is 11.6. The largest absolute Gasteiger partial charge is 0.349 e. The Labute approximate surface area is 104 Å². The van der Waals surface area contributed by atoms with E-state index in [0.717, 1.165) is 18.8 Å². The van der Waals surface area contributed by atoms with Crippen LogP contribution in [0.5, 0.6) is 0 Å². The van der Waals surface area contributed by atoms with E-state index in [-0.39, 0.29) is 11.4 Å². The lowest BCUT2D eigenvalue weighted by Crippen LogP contribution is -2.62. The Morgan fingerprint density at radius 2 is 2.24 bits per heavy atom. The molecule has 3 aliphatic rings. The third-order valence-corrected chi connectivity index (χ3v) is 4.91. The van der Waals surface area contributed by atoms with Gasteiger partial charge in [0.25, 0.3) is 0 Å². The van der Waals surface area contributed by atoms with Crippen LogP contribution >= 0.6 is 0 Å². The van der Waals surface area contributed by atoms with Crippen LogP contribution in [0.2, 0.25) is 0 Å². The highest BCUT2D eigenvalue weighted by Crippen LogP contribution is 2.39. The molecule has 0 aromatic carbocycles. The minimum absolute atomic E-state index is 0.124. The monoisotopic (exact) mass is 236 g/mol. The zero-order chi connectivity index (χ0) is 11.9. The average Bonchev–Trinajstić information content (AvgIpc) is 3.04. The average molecular weight is 236 g/mol. The van der Waals surface area contributed by atoms with Crippen LogP contribution in [0.4, 0.5) is 0 Å². The predicted octanol–water partition coefficient (Wildman–Crippen LogP) is 1.92. The highest BCUT2D eigenvalue weighted by atomic mass is 16.2. The van der Waals surface area contributed by atoms with E-state index in [1.807, 2.05) is 0 Å². The Hall–Kier alpha value is -0.570. The van der Waals surface area contributed by atoms with Gasteiger partial charge in [0.1, 0.15) is 0 Å². The molecule has 3 rings (SSSR count). The van der Waals surface area contributed by atoms with Gasteiger partial charge in [0.05, 0.1) is 5.54 Å². The van der Waals surface area contributed by atoms with Gasteiger partial charge in [0, 0.05) is 19.0 Å².